The summed E-state index contributed by atoms with van der Waals surface area (Å²) >= 11 is 0. The van der Waals surface area contributed by atoms with E-state index in [1.165, 1.54) is 24.1 Å². The van der Waals surface area contributed by atoms with Gasteiger partial charge in [-0.1, -0.05) is 42.5 Å². The first-order valence-electron chi connectivity index (χ1n) is 12.8. The Hall–Kier alpha value is -4.45. The van der Waals surface area contributed by atoms with Crippen molar-refractivity contribution in [2.24, 2.45) is 10.7 Å². The summed E-state index contributed by atoms with van der Waals surface area (Å²) in [6.45, 7) is 1.36. The van der Waals surface area contributed by atoms with E-state index in [9.17, 15) is 24.3 Å². The Morgan fingerprint density at radius 2 is 1.45 bits per heavy atom. The molecule has 216 valence electrons. The third-order valence-corrected chi connectivity index (χ3v) is 6.13. The van der Waals surface area contributed by atoms with Crippen molar-refractivity contribution in [2.75, 3.05) is 27.2 Å². The third kappa shape index (κ3) is 10.7. The molecule has 2 aromatic rings. The first-order valence-corrected chi connectivity index (χ1v) is 12.8. The maximum Gasteiger partial charge on any atom is 0.305 e. The molecule has 12 heteroatoms. The summed E-state index contributed by atoms with van der Waals surface area (Å²) < 4.78 is 0. The molecule has 0 radical (unpaired) electrons. The van der Waals surface area contributed by atoms with Crippen molar-refractivity contribution in [3.8, 4) is 5.75 Å². The summed E-state index contributed by atoms with van der Waals surface area (Å²) in [5.74, 6) is -2.31. The van der Waals surface area contributed by atoms with Gasteiger partial charge in [-0.15, -0.1) is 0 Å². The van der Waals surface area contributed by atoms with Crippen molar-refractivity contribution in [1.82, 2.24) is 20.9 Å². The summed E-state index contributed by atoms with van der Waals surface area (Å²) in [6.07, 6.45) is 0.201. The van der Waals surface area contributed by atoms with E-state index in [4.69, 9.17) is 10.8 Å². The number of likely N-dealkylation sites (N-methyl/N-ethyl adjacent to an activating group) is 2. The highest BCUT2D eigenvalue weighted by molar-refractivity contribution is 5.93. The van der Waals surface area contributed by atoms with Gasteiger partial charge in [0.05, 0.1) is 24.8 Å². The van der Waals surface area contributed by atoms with E-state index >= 15 is 0 Å². The molecule has 0 fully saturated rings. The third-order valence-electron chi connectivity index (χ3n) is 6.13. The topological polar surface area (TPSA) is 186 Å². The lowest BCUT2D eigenvalue weighted by atomic mass is 10.0. The van der Waals surface area contributed by atoms with E-state index in [-0.39, 0.29) is 37.5 Å². The molecule has 0 saturated heterocycles. The number of nitrogens with two attached hydrogens (primary N) is 1. The van der Waals surface area contributed by atoms with Gasteiger partial charge in [0.25, 0.3) is 0 Å². The van der Waals surface area contributed by atoms with Gasteiger partial charge >= 0.3 is 5.97 Å². The summed E-state index contributed by atoms with van der Waals surface area (Å²) in [6, 6.07) is 12.6. The van der Waals surface area contributed by atoms with Crippen molar-refractivity contribution in [1.29, 1.82) is 0 Å². The Balaban J connectivity index is 2.23. The molecule has 0 saturated carbocycles. The van der Waals surface area contributed by atoms with Crippen LogP contribution in [-0.4, -0.2) is 89.9 Å². The molecule has 2 rings (SSSR count). The molecule has 0 aromatic heterocycles. The van der Waals surface area contributed by atoms with Crippen LogP contribution in [0.3, 0.4) is 0 Å². The second-order valence-electron chi connectivity index (χ2n) is 9.41. The molecule has 3 amide bonds. The van der Waals surface area contributed by atoms with Gasteiger partial charge < -0.3 is 36.8 Å². The second kappa shape index (κ2) is 15.8. The number of carboxylic acids is 1. The number of carboxylic acid groups (broad SMARTS) is 1. The van der Waals surface area contributed by atoms with Gasteiger partial charge in [0, 0.05) is 20.0 Å². The molecular weight excluding hydrogens is 516 g/mol. The molecule has 0 aliphatic carbocycles. The van der Waals surface area contributed by atoms with Gasteiger partial charge in [-0.2, -0.15) is 0 Å². The highest BCUT2D eigenvalue weighted by Crippen LogP contribution is 2.12. The van der Waals surface area contributed by atoms with Gasteiger partial charge in [0.2, 0.25) is 17.7 Å². The van der Waals surface area contributed by atoms with Crippen LogP contribution in [0, 0.1) is 0 Å². The zero-order chi connectivity index (χ0) is 29.7. The van der Waals surface area contributed by atoms with Crippen LogP contribution < -0.4 is 21.7 Å². The van der Waals surface area contributed by atoms with Crippen LogP contribution >= 0.6 is 0 Å². The number of nitrogens with one attached hydrogen (secondary N) is 3. The lowest BCUT2D eigenvalue weighted by Gasteiger charge is -2.27. The molecule has 7 N–H and O–H groups in total. The summed E-state index contributed by atoms with van der Waals surface area (Å²) in [5, 5.41) is 26.9. The maximum absolute atomic E-state index is 13.4. The van der Waals surface area contributed by atoms with Gasteiger partial charge in [0.1, 0.15) is 17.8 Å². The number of aliphatic carboxylic acids is 1. The minimum absolute atomic E-state index is 0.0345. The lowest BCUT2D eigenvalue weighted by Crippen LogP contribution is -2.58. The van der Waals surface area contributed by atoms with Gasteiger partial charge in [-0.05, 0) is 43.7 Å². The lowest BCUT2D eigenvalue weighted by molar-refractivity contribution is -0.139. The molecule has 0 unspecified atom stereocenters. The first kappa shape index (κ1) is 31.8. The molecule has 0 heterocycles. The molecule has 3 atom stereocenters. The molecule has 0 aliphatic heterocycles. The van der Waals surface area contributed by atoms with Gasteiger partial charge in [0.15, 0.2) is 0 Å². The number of carbonyl (C=O) groups is 4. The largest absolute Gasteiger partial charge is 0.508 e. The average Bonchev–Trinajstić information content (AvgIpc) is 2.93. The Morgan fingerprint density at radius 1 is 0.900 bits per heavy atom. The van der Waals surface area contributed by atoms with Crippen molar-refractivity contribution in [3.63, 3.8) is 0 Å². The molecule has 2 aromatic carbocycles. The molecule has 12 nitrogen and oxygen atoms in total. The number of aromatic hydroxyl groups is 1. The zero-order valence-corrected chi connectivity index (χ0v) is 23.0. The highest BCUT2D eigenvalue weighted by atomic mass is 16.4. The van der Waals surface area contributed by atoms with Crippen LogP contribution in [0.15, 0.2) is 59.6 Å². The van der Waals surface area contributed by atoms with Crippen molar-refractivity contribution < 1.29 is 29.4 Å². The monoisotopic (exact) mass is 554 g/mol. The van der Waals surface area contributed by atoms with Crippen LogP contribution in [0.4, 0.5) is 0 Å². The quantitative estimate of drug-likeness (QED) is 0.132. The average molecular weight is 555 g/mol. The van der Waals surface area contributed by atoms with Crippen molar-refractivity contribution >= 4 is 29.5 Å². The fourth-order valence-corrected chi connectivity index (χ4v) is 3.86. The molecule has 40 heavy (non-hydrogen) atoms. The van der Waals surface area contributed by atoms with E-state index in [0.717, 1.165) is 11.1 Å². The highest BCUT2D eigenvalue weighted by Gasteiger charge is 2.30. The summed E-state index contributed by atoms with van der Waals surface area (Å²) in [5.41, 5.74) is 7.26. The maximum atomic E-state index is 13.4. The number of aliphatic imine (C=N–C) groups is 1. The number of hydrogen-bond acceptors (Lipinski definition) is 7. The smallest absolute Gasteiger partial charge is 0.305 e. The number of carbonyl (C=O) groups excluding carboxylic acids is 3. The number of amides is 3. The number of rotatable bonds is 15. The van der Waals surface area contributed by atoms with E-state index in [0.29, 0.717) is 6.42 Å². The molecule has 0 bridgehead atoms. The minimum atomic E-state index is -1.14. The number of benzene rings is 2. The van der Waals surface area contributed by atoms with Crippen LogP contribution in [0.25, 0.3) is 0 Å². The van der Waals surface area contributed by atoms with Crippen LogP contribution in [0.1, 0.15) is 24.5 Å². The van der Waals surface area contributed by atoms with Gasteiger partial charge in [-0.25, -0.2) is 0 Å². The molecule has 0 aliphatic rings. The van der Waals surface area contributed by atoms with E-state index in [1.54, 1.807) is 38.2 Å². The fourth-order valence-electron chi connectivity index (χ4n) is 3.86. The van der Waals surface area contributed by atoms with Crippen molar-refractivity contribution in [3.05, 3.63) is 65.7 Å². The second-order valence-corrected chi connectivity index (χ2v) is 9.41. The van der Waals surface area contributed by atoms with Crippen LogP contribution in [-0.2, 0) is 32.0 Å². The fraction of sp³-hybridized carbons (Fsp3) is 0.393. The number of phenolic OH excluding ortho intramolecular Hbond substituents is 1. The number of hydrogen-bond donors (Lipinski definition) is 6. The molecule has 0 spiro atoms. The molecular formula is C28H38N6O6. The Bertz CT molecular complexity index is 1170. The van der Waals surface area contributed by atoms with Crippen LogP contribution in [0.5, 0.6) is 5.75 Å². The summed E-state index contributed by atoms with van der Waals surface area (Å²) in [7, 11) is 3.08. The predicted octanol–water partition coefficient (Wildman–Crippen LogP) is 0.0452. The minimum Gasteiger partial charge on any atom is -0.508 e. The number of amidine groups is 1. The van der Waals surface area contributed by atoms with E-state index in [2.05, 4.69) is 20.9 Å². The van der Waals surface area contributed by atoms with E-state index in [1.807, 2.05) is 18.2 Å². The predicted molar refractivity (Wildman–Crippen MR) is 151 cm³/mol. The standard InChI is InChI=1S/C28H38N6O6/c1-18(29)31-17-24(33-26(38)22(30-2)15-20-9-11-21(35)12-10-20)27(39)32-23(16-19-7-5-4-6-8-19)28(40)34(3)14-13-25(36)37/h4-12,22-24,30,35H,13-17H2,1-3H3,(H2,29,31)(H,32,39)(H,33,38)(H,36,37)/t22-,23-,24+/m0/s1. The van der Waals surface area contributed by atoms with Crippen molar-refractivity contribution in [2.45, 2.75) is 44.3 Å². The van der Waals surface area contributed by atoms with Gasteiger partial charge in [-0.3, -0.25) is 24.2 Å². The Morgan fingerprint density at radius 3 is 2.02 bits per heavy atom. The van der Waals surface area contributed by atoms with E-state index < -0.39 is 41.8 Å². The van der Waals surface area contributed by atoms with Crippen LogP contribution in [0.2, 0.25) is 0 Å². The SMILES string of the molecule is CN[C@@H](Cc1ccc(O)cc1)C(=O)N[C@H](CN=C(C)N)C(=O)N[C@@H](Cc1ccccc1)C(=O)N(C)CCC(=O)O. The number of nitrogens with zero attached hydrogens (tertiary/aromatic N) is 2. The zero-order valence-electron chi connectivity index (χ0n) is 23.0. The number of phenols is 1. The first-order chi connectivity index (χ1) is 19.0. The Labute approximate surface area is 233 Å². The normalized spacial score (nSPS) is 13.5. The summed E-state index contributed by atoms with van der Waals surface area (Å²) in [4.78, 5) is 56.2. The Kier molecular flexibility index (Phi) is 12.6.